The van der Waals surface area contributed by atoms with Crippen LogP contribution in [-0.4, -0.2) is 128 Å². The van der Waals surface area contributed by atoms with Gasteiger partial charge >= 0.3 is 48.3 Å². The molecule has 0 bridgehead atoms. The van der Waals surface area contributed by atoms with Gasteiger partial charge in [0.25, 0.3) is 0 Å². The van der Waals surface area contributed by atoms with Crippen LogP contribution >= 0.6 is 0 Å². The van der Waals surface area contributed by atoms with Crippen LogP contribution in [0.5, 0.6) is 0 Å². The Labute approximate surface area is 514 Å². The molecular weight excluding hydrogens is 1110 g/mol. The predicted octanol–water partition coefficient (Wildman–Crippen LogP) is 11.7. The number of ether oxygens (including phenoxy) is 8. The van der Waals surface area contributed by atoms with E-state index in [1.165, 1.54) is 0 Å². The lowest BCUT2D eigenvalue weighted by Gasteiger charge is -2.36. The molecule has 22 heteroatoms. The van der Waals surface area contributed by atoms with Crippen molar-refractivity contribution in [3.63, 3.8) is 0 Å². The largest absolute Gasteiger partial charge is 0.458 e. The van der Waals surface area contributed by atoms with Crippen LogP contribution in [0.15, 0.2) is 12.3 Å². The Bertz CT molecular complexity index is 2430. The van der Waals surface area contributed by atoms with Crippen LogP contribution in [-0.2, 0) is 87.7 Å². The second-order valence-corrected chi connectivity index (χ2v) is 30.7. The number of carbonyl (C=O) groups excluding carboxylic acids is 8. The summed E-state index contributed by atoms with van der Waals surface area (Å²) in [6.45, 7) is 46.6. The van der Waals surface area contributed by atoms with Gasteiger partial charge in [-0.3, -0.25) is 4.84 Å². The Kier molecular flexibility index (Phi) is 28.4. The summed E-state index contributed by atoms with van der Waals surface area (Å²) < 4.78 is 47.8. The second-order valence-electron chi connectivity index (χ2n) is 30.7. The lowest BCUT2D eigenvalue weighted by molar-refractivity contribution is -0.705. The van der Waals surface area contributed by atoms with Crippen molar-refractivity contribution in [1.29, 1.82) is 0 Å². The fourth-order valence-electron chi connectivity index (χ4n) is 8.11. The molecular formula is C64H112N5O17+. The lowest BCUT2D eigenvalue weighted by Crippen LogP contribution is -2.51. The number of pyridine rings is 1. The average Bonchev–Trinajstić information content (AvgIpc) is 3.32. The van der Waals surface area contributed by atoms with Crippen molar-refractivity contribution in [2.24, 2.45) is 0 Å². The van der Waals surface area contributed by atoms with E-state index >= 15 is 0 Å². The zero-order chi connectivity index (χ0) is 67.0. The number of aromatic nitrogens is 1. The van der Waals surface area contributed by atoms with E-state index in [1.54, 1.807) is 187 Å². The van der Waals surface area contributed by atoms with Crippen molar-refractivity contribution in [2.45, 2.75) is 332 Å². The van der Waals surface area contributed by atoms with E-state index in [9.17, 15) is 38.4 Å². The fourth-order valence-corrected chi connectivity index (χ4v) is 8.11. The SMILES string of the molecule is CC(C)(C)OC(=O)N[C@@H](CCCC[n+]1cc(CC[C@H](NC(=O)OC(C)(C)C)C(=O)OC(C)(C)C)cc(CC[C@H](NC(=O)OC(C)(C)C)C(=O)OC(C)(C)C)c1CCC[C@@H](C(=O)OC(C)(C)C)N(OC(C)(C)C)C(=O)OC(C)(C)C)C(=O)OC(C)(C)C. The third kappa shape index (κ3) is 35.6. The quantitative estimate of drug-likeness (QED) is 0.0286. The van der Waals surface area contributed by atoms with Gasteiger partial charge in [-0.2, -0.15) is 5.06 Å². The fraction of sp³-hybridized carbons (Fsp3) is 0.797. The highest BCUT2D eigenvalue weighted by Crippen LogP contribution is 2.26. The summed E-state index contributed by atoms with van der Waals surface area (Å²) in [5.74, 6) is -2.77. The Morgan fingerprint density at radius 1 is 0.395 bits per heavy atom. The van der Waals surface area contributed by atoms with Gasteiger partial charge in [0.15, 0.2) is 17.9 Å². The molecule has 0 unspecified atom stereocenters. The Morgan fingerprint density at radius 3 is 1.10 bits per heavy atom. The van der Waals surface area contributed by atoms with E-state index in [-0.39, 0.29) is 51.4 Å². The highest BCUT2D eigenvalue weighted by atomic mass is 16.7. The summed E-state index contributed by atoms with van der Waals surface area (Å²) in [4.78, 5) is 116. The number of hydrogen-bond acceptors (Lipinski definition) is 17. The number of nitrogens with zero attached hydrogens (tertiary/aromatic N) is 2. The molecule has 0 fully saturated rings. The van der Waals surface area contributed by atoms with Crippen molar-refractivity contribution in [3.05, 3.63) is 29.1 Å². The van der Waals surface area contributed by atoms with E-state index in [2.05, 4.69) is 16.0 Å². The summed E-state index contributed by atoms with van der Waals surface area (Å²) >= 11 is 0. The molecule has 494 valence electrons. The molecule has 0 saturated carbocycles. The number of nitrogens with one attached hydrogen (secondary N) is 3. The van der Waals surface area contributed by atoms with Gasteiger partial charge < -0.3 is 53.8 Å². The third-order valence-electron chi connectivity index (χ3n) is 10.9. The van der Waals surface area contributed by atoms with Crippen LogP contribution in [0, 0.1) is 0 Å². The van der Waals surface area contributed by atoms with Gasteiger partial charge in [-0.1, -0.05) is 0 Å². The molecule has 0 aliphatic heterocycles. The van der Waals surface area contributed by atoms with E-state index in [4.69, 9.17) is 42.7 Å². The maximum Gasteiger partial charge on any atom is 0.435 e. The minimum atomic E-state index is -1.31. The minimum Gasteiger partial charge on any atom is -0.458 e. The molecule has 0 spiro atoms. The molecule has 4 atom stereocenters. The molecule has 1 heterocycles. The molecule has 86 heavy (non-hydrogen) atoms. The van der Waals surface area contributed by atoms with E-state index in [0.29, 0.717) is 30.5 Å². The first-order chi connectivity index (χ1) is 38.5. The number of alkyl carbamates (subject to hydrolysis) is 3. The predicted molar refractivity (Wildman–Crippen MR) is 326 cm³/mol. The summed E-state index contributed by atoms with van der Waals surface area (Å²) in [7, 11) is 0. The normalized spacial score (nSPS) is 14.3. The molecule has 0 radical (unpaired) electrons. The first-order valence-electron chi connectivity index (χ1n) is 30.1. The molecule has 0 saturated heterocycles. The van der Waals surface area contributed by atoms with Gasteiger partial charge in [-0.05, 0) is 244 Å². The molecule has 0 aromatic carbocycles. The molecule has 4 amide bonds. The van der Waals surface area contributed by atoms with Crippen LogP contribution in [0.4, 0.5) is 19.2 Å². The van der Waals surface area contributed by atoms with Gasteiger partial charge in [0.1, 0.15) is 69.5 Å². The molecule has 0 aliphatic carbocycles. The zero-order valence-electron chi connectivity index (χ0n) is 57.6. The van der Waals surface area contributed by atoms with Gasteiger partial charge in [-0.15, -0.1) is 0 Å². The summed E-state index contributed by atoms with van der Waals surface area (Å²) in [5.41, 5.74) is -6.14. The van der Waals surface area contributed by atoms with Crippen molar-refractivity contribution in [3.8, 4) is 0 Å². The zero-order valence-corrected chi connectivity index (χ0v) is 57.6. The van der Waals surface area contributed by atoms with Crippen molar-refractivity contribution >= 4 is 48.3 Å². The van der Waals surface area contributed by atoms with Crippen LogP contribution < -0.4 is 20.5 Å². The molecule has 0 aliphatic rings. The first-order valence-corrected chi connectivity index (χ1v) is 30.1. The van der Waals surface area contributed by atoms with Gasteiger partial charge in [0, 0.05) is 24.0 Å². The molecule has 22 nitrogen and oxygen atoms in total. The lowest BCUT2D eigenvalue weighted by atomic mass is 9.95. The number of amides is 4. The van der Waals surface area contributed by atoms with Gasteiger partial charge in [0.2, 0.25) is 0 Å². The molecule has 1 rings (SSSR count). The summed E-state index contributed by atoms with van der Waals surface area (Å²) in [6, 6.07) is -2.83. The number of esters is 4. The Hall–Kier alpha value is -5.93. The number of rotatable bonds is 24. The smallest absolute Gasteiger partial charge is 0.435 e. The Morgan fingerprint density at radius 2 is 0.744 bits per heavy atom. The van der Waals surface area contributed by atoms with Crippen molar-refractivity contribution < 1.29 is 85.7 Å². The highest BCUT2D eigenvalue weighted by Gasteiger charge is 2.40. The molecule has 1 aromatic rings. The summed E-state index contributed by atoms with van der Waals surface area (Å²) in [6.07, 6.45) is 0.384. The standard InChI is InChI=1S/C64H111N5O17/c1-56(2,3)78-48(70)43(65-52(74)82-60(13,14)15)31-28-29-38-68-40-41(34-36-44(49(71)79-57(4,5)6)66-53(75)83-61(16,17)18)39-42(35-37-45(50(72)80-58(7,8)9)67-54(76)84-62(19,20)21)46(68)32-30-33-47(51(73)81-59(10,11)12)69(86-64(25,26)27)55(77)85-63(22,23)24/h39-40,43-45,47H,28-38H2,1-27H3,(H2-,65,66,67,74,75,76)/p+1/t43-,44-,45-,47-/m0/s1. The number of carbonyl (C=O) groups is 8. The van der Waals surface area contributed by atoms with Gasteiger partial charge in [0.05, 0.1) is 5.60 Å². The Balaban J connectivity index is 4.45. The molecule has 3 N–H and O–H groups in total. The molecule has 1 aromatic heterocycles. The van der Waals surface area contributed by atoms with Crippen LogP contribution in [0.2, 0.25) is 0 Å². The van der Waals surface area contributed by atoms with E-state index in [0.717, 1.165) is 10.8 Å². The third-order valence-corrected chi connectivity index (χ3v) is 10.9. The monoisotopic (exact) mass is 1220 g/mol. The maximum atomic E-state index is 14.4. The minimum absolute atomic E-state index is 0.00558. The number of hydrogen-bond donors (Lipinski definition) is 3. The number of unbranched alkanes of at least 4 members (excludes halogenated alkanes) is 1. The summed E-state index contributed by atoms with van der Waals surface area (Å²) in [5, 5.41) is 9.09. The maximum absolute atomic E-state index is 14.4. The van der Waals surface area contributed by atoms with Crippen molar-refractivity contribution in [1.82, 2.24) is 21.0 Å². The number of aryl methyl sites for hydroxylation is 3. The second kappa shape index (κ2) is 31.3. The van der Waals surface area contributed by atoms with Gasteiger partial charge in [-0.25, -0.2) is 42.9 Å². The van der Waals surface area contributed by atoms with E-state index < -0.39 is 123 Å². The highest BCUT2D eigenvalue weighted by molar-refractivity contribution is 5.83. The van der Waals surface area contributed by atoms with Crippen molar-refractivity contribution in [2.75, 3.05) is 0 Å². The number of hydroxylamine groups is 2. The van der Waals surface area contributed by atoms with E-state index in [1.807, 2.05) is 16.8 Å². The topological polar surface area (TPSA) is 263 Å². The van der Waals surface area contributed by atoms with Crippen LogP contribution in [0.3, 0.4) is 0 Å². The van der Waals surface area contributed by atoms with Crippen LogP contribution in [0.1, 0.15) is 249 Å². The average molecular weight is 1220 g/mol. The first kappa shape index (κ1) is 78.1. The van der Waals surface area contributed by atoms with Crippen LogP contribution in [0.25, 0.3) is 0 Å².